The molecule has 0 radical (unpaired) electrons. The standard InChI is InChI=1S/C24H35FN6O2/c1-5-21(33)27-23(2,3)16-24(4,26-11-9-18-14-20(32)15-18)22-28-29-30-31(22)12-10-17-7-6-8-19(25)13-17/h5-8,13,18,20,26,32H,1,9-12,14-16H2,2-4H3,(H,27,33). The number of nitrogens with one attached hydrogen (secondary N) is 2. The highest BCUT2D eigenvalue weighted by atomic mass is 19.1. The Morgan fingerprint density at radius 2 is 2.12 bits per heavy atom. The number of amides is 1. The fourth-order valence-corrected chi connectivity index (χ4v) is 4.70. The lowest BCUT2D eigenvalue weighted by Crippen LogP contribution is -2.53. The summed E-state index contributed by atoms with van der Waals surface area (Å²) in [5, 5.41) is 28.6. The molecule has 0 bridgehead atoms. The van der Waals surface area contributed by atoms with Crippen molar-refractivity contribution in [3.63, 3.8) is 0 Å². The van der Waals surface area contributed by atoms with Gasteiger partial charge in [0.05, 0.1) is 11.6 Å². The molecule has 180 valence electrons. The molecule has 1 aliphatic rings. The van der Waals surface area contributed by atoms with Crippen molar-refractivity contribution < 1.29 is 14.3 Å². The van der Waals surface area contributed by atoms with Crippen molar-refractivity contribution in [1.29, 1.82) is 0 Å². The maximum Gasteiger partial charge on any atom is 0.243 e. The topological polar surface area (TPSA) is 105 Å². The maximum atomic E-state index is 13.6. The van der Waals surface area contributed by atoms with Crippen LogP contribution in [0.4, 0.5) is 4.39 Å². The first-order chi connectivity index (χ1) is 15.6. The molecule has 1 aromatic heterocycles. The van der Waals surface area contributed by atoms with Gasteiger partial charge in [-0.1, -0.05) is 18.7 Å². The van der Waals surface area contributed by atoms with Crippen molar-refractivity contribution >= 4 is 5.91 Å². The first kappa shape index (κ1) is 25.0. The second-order valence-corrected chi connectivity index (χ2v) is 9.90. The molecule has 1 aliphatic carbocycles. The Morgan fingerprint density at radius 1 is 1.36 bits per heavy atom. The zero-order chi connectivity index (χ0) is 24.1. The third-order valence-corrected chi connectivity index (χ3v) is 6.25. The number of carbonyl (C=O) groups excluding carboxylic acids is 1. The highest BCUT2D eigenvalue weighted by Crippen LogP contribution is 2.32. The van der Waals surface area contributed by atoms with Crippen molar-refractivity contribution in [3.8, 4) is 0 Å². The number of aliphatic hydroxyl groups excluding tert-OH is 1. The van der Waals surface area contributed by atoms with Crippen LogP contribution in [0.25, 0.3) is 0 Å². The average Bonchev–Trinajstić information content (AvgIpc) is 3.20. The third kappa shape index (κ3) is 6.91. The molecular weight excluding hydrogens is 423 g/mol. The van der Waals surface area contributed by atoms with E-state index in [-0.39, 0.29) is 17.8 Å². The van der Waals surface area contributed by atoms with E-state index in [4.69, 9.17) is 0 Å². The largest absolute Gasteiger partial charge is 0.393 e. The number of tetrazole rings is 1. The molecule has 1 atom stereocenters. The van der Waals surface area contributed by atoms with E-state index >= 15 is 0 Å². The molecule has 33 heavy (non-hydrogen) atoms. The maximum absolute atomic E-state index is 13.6. The Hall–Kier alpha value is -2.65. The summed E-state index contributed by atoms with van der Waals surface area (Å²) in [5.74, 6) is 0.663. The fourth-order valence-electron chi connectivity index (χ4n) is 4.70. The second-order valence-electron chi connectivity index (χ2n) is 9.90. The van der Waals surface area contributed by atoms with Crippen LogP contribution < -0.4 is 10.6 Å². The number of benzene rings is 1. The lowest BCUT2D eigenvalue weighted by Gasteiger charge is -2.39. The van der Waals surface area contributed by atoms with Gasteiger partial charge in [-0.3, -0.25) is 4.79 Å². The minimum absolute atomic E-state index is 0.176. The van der Waals surface area contributed by atoms with Gasteiger partial charge in [0.15, 0.2) is 5.82 Å². The van der Waals surface area contributed by atoms with E-state index < -0.39 is 11.1 Å². The number of nitrogens with zero attached hydrogens (tertiary/aromatic N) is 4. The van der Waals surface area contributed by atoms with Crippen LogP contribution in [0.3, 0.4) is 0 Å². The van der Waals surface area contributed by atoms with Crippen LogP contribution in [0.1, 0.15) is 57.8 Å². The van der Waals surface area contributed by atoms with Crippen molar-refractivity contribution in [2.75, 3.05) is 6.54 Å². The van der Waals surface area contributed by atoms with Crippen molar-refractivity contribution in [3.05, 3.63) is 54.1 Å². The lowest BCUT2D eigenvalue weighted by molar-refractivity contribution is -0.118. The number of aromatic nitrogens is 4. The lowest BCUT2D eigenvalue weighted by atomic mass is 9.79. The van der Waals surface area contributed by atoms with Crippen LogP contribution in [-0.4, -0.2) is 49.4 Å². The van der Waals surface area contributed by atoms with E-state index in [0.29, 0.717) is 31.1 Å². The highest BCUT2D eigenvalue weighted by molar-refractivity contribution is 5.87. The number of halogens is 1. The predicted octanol–water partition coefficient (Wildman–Crippen LogP) is 2.49. The van der Waals surface area contributed by atoms with Gasteiger partial charge < -0.3 is 15.7 Å². The summed E-state index contributed by atoms with van der Waals surface area (Å²) < 4.78 is 15.3. The minimum atomic E-state index is -0.633. The Morgan fingerprint density at radius 3 is 2.79 bits per heavy atom. The summed E-state index contributed by atoms with van der Waals surface area (Å²) in [5.41, 5.74) is -0.321. The SMILES string of the molecule is C=CC(=O)NC(C)(C)CC(C)(NCCC1CC(O)C1)c1nnnn1CCc1cccc(F)c1. The van der Waals surface area contributed by atoms with Gasteiger partial charge in [-0.05, 0) is 99.5 Å². The molecule has 1 unspecified atom stereocenters. The summed E-state index contributed by atoms with van der Waals surface area (Å²) >= 11 is 0. The molecule has 0 spiro atoms. The van der Waals surface area contributed by atoms with Gasteiger partial charge in [0.2, 0.25) is 5.91 Å². The predicted molar refractivity (Wildman–Crippen MR) is 124 cm³/mol. The monoisotopic (exact) mass is 458 g/mol. The molecule has 8 nitrogen and oxygen atoms in total. The van der Waals surface area contributed by atoms with Gasteiger partial charge in [-0.15, -0.1) is 5.10 Å². The van der Waals surface area contributed by atoms with E-state index in [2.05, 4.69) is 32.7 Å². The number of carbonyl (C=O) groups is 1. The van der Waals surface area contributed by atoms with Gasteiger partial charge in [-0.2, -0.15) is 0 Å². The summed E-state index contributed by atoms with van der Waals surface area (Å²) in [6.45, 7) is 10.7. The van der Waals surface area contributed by atoms with E-state index in [0.717, 1.165) is 31.4 Å². The van der Waals surface area contributed by atoms with Crippen molar-refractivity contribution in [2.45, 2.75) is 76.6 Å². The molecule has 3 rings (SSSR count). The quantitative estimate of drug-likeness (QED) is 0.422. The fraction of sp³-hybridized carbons (Fsp3) is 0.583. The minimum Gasteiger partial charge on any atom is -0.393 e. The molecule has 3 N–H and O–H groups in total. The summed E-state index contributed by atoms with van der Waals surface area (Å²) in [4.78, 5) is 12.0. The van der Waals surface area contributed by atoms with Crippen LogP contribution in [0.15, 0.2) is 36.9 Å². The van der Waals surface area contributed by atoms with E-state index in [1.54, 1.807) is 10.7 Å². The molecular formula is C24H35FN6O2. The van der Waals surface area contributed by atoms with E-state index in [1.165, 1.54) is 18.2 Å². The summed E-state index contributed by atoms with van der Waals surface area (Å²) in [6, 6.07) is 6.51. The van der Waals surface area contributed by atoms with Crippen molar-refractivity contribution in [1.82, 2.24) is 30.8 Å². The Balaban J connectivity index is 1.76. The molecule has 1 aromatic carbocycles. The van der Waals surface area contributed by atoms with Gasteiger partial charge in [0, 0.05) is 12.1 Å². The molecule has 1 heterocycles. The molecule has 1 amide bonds. The summed E-state index contributed by atoms with van der Waals surface area (Å²) in [7, 11) is 0. The van der Waals surface area contributed by atoms with E-state index in [9.17, 15) is 14.3 Å². The molecule has 0 saturated heterocycles. The number of rotatable bonds is 12. The van der Waals surface area contributed by atoms with Gasteiger partial charge in [-0.25, -0.2) is 9.07 Å². The number of aryl methyl sites for hydroxylation is 2. The van der Waals surface area contributed by atoms with Crippen molar-refractivity contribution in [2.24, 2.45) is 5.92 Å². The van der Waals surface area contributed by atoms with Gasteiger partial charge in [0.1, 0.15) is 5.82 Å². The van der Waals surface area contributed by atoms with Crippen LogP contribution in [-0.2, 0) is 23.3 Å². The molecule has 0 aliphatic heterocycles. The Bertz CT molecular complexity index is 956. The zero-order valence-corrected chi connectivity index (χ0v) is 19.7. The van der Waals surface area contributed by atoms with E-state index in [1.807, 2.05) is 26.8 Å². The number of hydrogen-bond acceptors (Lipinski definition) is 6. The third-order valence-electron chi connectivity index (χ3n) is 6.25. The average molecular weight is 459 g/mol. The van der Waals surface area contributed by atoms with Crippen LogP contribution in [0.2, 0.25) is 0 Å². The first-order valence-electron chi connectivity index (χ1n) is 11.5. The van der Waals surface area contributed by atoms with Crippen LogP contribution >= 0.6 is 0 Å². The molecule has 2 aromatic rings. The molecule has 1 saturated carbocycles. The zero-order valence-electron chi connectivity index (χ0n) is 19.7. The molecule has 9 heteroatoms. The summed E-state index contributed by atoms with van der Waals surface area (Å²) in [6.07, 6.45) is 4.82. The number of hydrogen-bond donors (Lipinski definition) is 3. The van der Waals surface area contributed by atoms with Crippen LogP contribution in [0.5, 0.6) is 0 Å². The Labute approximate surface area is 194 Å². The van der Waals surface area contributed by atoms with Crippen LogP contribution in [0, 0.1) is 11.7 Å². The second kappa shape index (κ2) is 10.5. The molecule has 1 fully saturated rings. The number of aliphatic hydroxyl groups is 1. The highest BCUT2D eigenvalue weighted by Gasteiger charge is 2.39. The van der Waals surface area contributed by atoms with Gasteiger partial charge in [0.25, 0.3) is 0 Å². The normalized spacial score (nSPS) is 20.0. The Kier molecular flexibility index (Phi) is 7.97. The van der Waals surface area contributed by atoms with Gasteiger partial charge >= 0.3 is 0 Å². The smallest absolute Gasteiger partial charge is 0.243 e. The first-order valence-corrected chi connectivity index (χ1v) is 11.5.